The molecule has 0 amide bonds. The highest BCUT2D eigenvalue weighted by Crippen LogP contribution is 2.31. The van der Waals surface area contributed by atoms with Gasteiger partial charge in [-0.05, 0) is 24.5 Å². The molecule has 2 rings (SSSR count). The van der Waals surface area contributed by atoms with Gasteiger partial charge in [-0.1, -0.05) is 19.9 Å². The zero-order chi connectivity index (χ0) is 14.2. The third-order valence-corrected chi connectivity index (χ3v) is 2.74. The number of nitrogens with zero attached hydrogens (tertiary/aromatic N) is 1. The van der Waals surface area contributed by atoms with E-state index in [0.717, 1.165) is 12.1 Å². The van der Waals surface area contributed by atoms with E-state index in [9.17, 15) is 18.0 Å². The van der Waals surface area contributed by atoms with Crippen molar-refractivity contribution in [3.63, 3.8) is 0 Å². The standard InChI is InChI=1S/C13H13F3N2O/c1-7(2)5-10-9-4-3-8(13(14,15)16)6-11(9)18-12(19)17-10/h3-4,6-7H,5H2,1-2H3,(H,17,18,19). The molecule has 1 aromatic carbocycles. The summed E-state index contributed by atoms with van der Waals surface area (Å²) in [6.07, 6.45) is -3.85. The third kappa shape index (κ3) is 2.94. The van der Waals surface area contributed by atoms with E-state index in [4.69, 9.17) is 0 Å². The maximum Gasteiger partial charge on any atom is 0.416 e. The van der Waals surface area contributed by atoms with E-state index in [0.29, 0.717) is 17.5 Å². The first-order valence-corrected chi connectivity index (χ1v) is 5.87. The second-order valence-corrected chi connectivity index (χ2v) is 4.85. The van der Waals surface area contributed by atoms with E-state index >= 15 is 0 Å². The van der Waals surface area contributed by atoms with Crippen molar-refractivity contribution >= 4 is 10.9 Å². The molecule has 0 spiro atoms. The number of fused-ring (bicyclic) bond motifs is 1. The van der Waals surface area contributed by atoms with E-state index in [1.54, 1.807) is 0 Å². The van der Waals surface area contributed by atoms with Crippen molar-refractivity contribution in [2.24, 2.45) is 5.92 Å². The highest BCUT2D eigenvalue weighted by molar-refractivity contribution is 5.81. The molecule has 0 aliphatic rings. The van der Waals surface area contributed by atoms with E-state index in [1.165, 1.54) is 6.07 Å². The Morgan fingerprint density at radius 2 is 2.00 bits per heavy atom. The molecule has 3 nitrogen and oxygen atoms in total. The zero-order valence-electron chi connectivity index (χ0n) is 10.5. The molecule has 19 heavy (non-hydrogen) atoms. The summed E-state index contributed by atoms with van der Waals surface area (Å²) in [5.74, 6) is 0.281. The van der Waals surface area contributed by atoms with Gasteiger partial charge >= 0.3 is 11.9 Å². The summed E-state index contributed by atoms with van der Waals surface area (Å²) in [6, 6.07) is 3.28. The normalized spacial score (nSPS) is 12.3. The fourth-order valence-corrected chi connectivity index (χ4v) is 1.96. The Hall–Kier alpha value is -1.85. The van der Waals surface area contributed by atoms with Gasteiger partial charge in [-0.15, -0.1) is 0 Å². The maximum absolute atomic E-state index is 12.6. The smallest absolute Gasteiger partial charge is 0.309 e. The van der Waals surface area contributed by atoms with Crippen molar-refractivity contribution in [1.29, 1.82) is 0 Å². The molecule has 0 fully saturated rings. The van der Waals surface area contributed by atoms with Crippen LogP contribution in [0.25, 0.3) is 10.9 Å². The van der Waals surface area contributed by atoms with Gasteiger partial charge in [0.2, 0.25) is 0 Å². The summed E-state index contributed by atoms with van der Waals surface area (Å²) in [5, 5.41) is 0.557. The molecule has 0 aliphatic carbocycles. The van der Waals surface area contributed by atoms with Gasteiger partial charge in [-0.3, -0.25) is 0 Å². The quantitative estimate of drug-likeness (QED) is 0.911. The number of hydrogen-bond donors (Lipinski definition) is 1. The minimum Gasteiger partial charge on any atom is -0.309 e. The molecule has 0 bridgehead atoms. The average Bonchev–Trinajstić information content (AvgIpc) is 2.25. The number of benzene rings is 1. The number of nitrogens with one attached hydrogen (secondary N) is 1. The van der Waals surface area contributed by atoms with E-state index in [-0.39, 0.29) is 11.4 Å². The van der Waals surface area contributed by atoms with Gasteiger partial charge in [0.1, 0.15) is 0 Å². The largest absolute Gasteiger partial charge is 0.416 e. The van der Waals surface area contributed by atoms with Crippen LogP contribution in [0.4, 0.5) is 13.2 Å². The van der Waals surface area contributed by atoms with Crippen molar-refractivity contribution in [1.82, 2.24) is 9.97 Å². The lowest BCUT2D eigenvalue weighted by Crippen LogP contribution is -2.15. The van der Waals surface area contributed by atoms with Crippen LogP contribution < -0.4 is 5.69 Å². The first kappa shape index (κ1) is 13.6. The van der Waals surface area contributed by atoms with Crippen molar-refractivity contribution in [3.8, 4) is 0 Å². The van der Waals surface area contributed by atoms with Gasteiger partial charge in [-0.2, -0.15) is 18.2 Å². The SMILES string of the molecule is CC(C)Cc1[nH]c(=O)nc2cc(C(F)(F)F)ccc12. The first-order valence-electron chi connectivity index (χ1n) is 5.87. The summed E-state index contributed by atoms with van der Waals surface area (Å²) in [6.45, 7) is 3.93. The van der Waals surface area contributed by atoms with Crippen LogP contribution in [0.5, 0.6) is 0 Å². The topological polar surface area (TPSA) is 45.8 Å². The molecule has 0 saturated heterocycles. The van der Waals surface area contributed by atoms with Gasteiger partial charge < -0.3 is 4.98 Å². The summed E-state index contributed by atoms with van der Waals surface area (Å²) in [4.78, 5) is 17.6. The number of aromatic amines is 1. The molecule has 0 atom stereocenters. The maximum atomic E-state index is 12.6. The Bertz CT molecular complexity index is 659. The number of H-pyrrole nitrogens is 1. The number of halogens is 3. The molecule has 102 valence electrons. The number of rotatable bonds is 2. The van der Waals surface area contributed by atoms with Gasteiger partial charge in [-0.25, -0.2) is 4.79 Å². The molecule has 0 unspecified atom stereocenters. The Balaban J connectivity index is 2.65. The van der Waals surface area contributed by atoms with Crippen LogP contribution in [0, 0.1) is 5.92 Å². The fraction of sp³-hybridized carbons (Fsp3) is 0.385. The zero-order valence-corrected chi connectivity index (χ0v) is 10.5. The molecule has 0 radical (unpaired) electrons. The van der Waals surface area contributed by atoms with Crippen LogP contribution >= 0.6 is 0 Å². The Labute approximate surface area is 107 Å². The van der Waals surface area contributed by atoms with Crippen molar-refractivity contribution < 1.29 is 13.2 Å². The average molecular weight is 270 g/mol. The number of alkyl halides is 3. The van der Waals surface area contributed by atoms with Crippen LogP contribution in [-0.4, -0.2) is 9.97 Å². The number of hydrogen-bond acceptors (Lipinski definition) is 2. The van der Waals surface area contributed by atoms with Crippen LogP contribution in [0.1, 0.15) is 25.1 Å². The Morgan fingerprint density at radius 1 is 1.32 bits per heavy atom. The Morgan fingerprint density at radius 3 is 2.58 bits per heavy atom. The van der Waals surface area contributed by atoms with Gasteiger partial charge in [0.25, 0.3) is 0 Å². The second kappa shape index (κ2) is 4.68. The first-order chi connectivity index (χ1) is 8.77. The van der Waals surface area contributed by atoms with Crippen LogP contribution in [0.3, 0.4) is 0 Å². The predicted molar refractivity (Wildman–Crippen MR) is 65.9 cm³/mol. The van der Waals surface area contributed by atoms with E-state index in [2.05, 4.69) is 9.97 Å². The monoisotopic (exact) mass is 270 g/mol. The molecule has 0 saturated carbocycles. The molecule has 6 heteroatoms. The highest BCUT2D eigenvalue weighted by atomic mass is 19.4. The van der Waals surface area contributed by atoms with Crippen molar-refractivity contribution in [3.05, 3.63) is 39.9 Å². The van der Waals surface area contributed by atoms with Crippen LogP contribution in [-0.2, 0) is 12.6 Å². The van der Waals surface area contributed by atoms with Gasteiger partial charge in [0.15, 0.2) is 0 Å². The van der Waals surface area contributed by atoms with Crippen LogP contribution in [0.2, 0.25) is 0 Å². The van der Waals surface area contributed by atoms with Crippen molar-refractivity contribution in [2.45, 2.75) is 26.4 Å². The lowest BCUT2D eigenvalue weighted by molar-refractivity contribution is -0.137. The van der Waals surface area contributed by atoms with Gasteiger partial charge in [0, 0.05) is 11.1 Å². The molecule has 1 heterocycles. The minimum absolute atomic E-state index is 0.0780. The lowest BCUT2D eigenvalue weighted by Gasteiger charge is -2.10. The highest BCUT2D eigenvalue weighted by Gasteiger charge is 2.30. The molecule has 1 aromatic heterocycles. The molecule has 2 aromatic rings. The molecular formula is C13H13F3N2O. The van der Waals surface area contributed by atoms with Crippen LogP contribution in [0.15, 0.2) is 23.0 Å². The minimum atomic E-state index is -4.43. The summed E-state index contributed by atoms with van der Waals surface area (Å²) in [5.41, 5.74) is -0.718. The van der Waals surface area contributed by atoms with Gasteiger partial charge in [0.05, 0.1) is 11.1 Å². The number of aromatic nitrogens is 2. The van der Waals surface area contributed by atoms with Crippen molar-refractivity contribution in [2.75, 3.05) is 0 Å². The van der Waals surface area contributed by atoms with E-state index < -0.39 is 17.4 Å². The summed E-state index contributed by atoms with van der Waals surface area (Å²) >= 11 is 0. The fourth-order valence-electron chi connectivity index (χ4n) is 1.96. The van der Waals surface area contributed by atoms with E-state index in [1.807, 2.05) is 13.8 Å². The predicted octanol–water partition coefficient (Wildman–Crippen LogP) is 3.14. The third-order valence-electron chi connectivity index (χ3n) is 2.74. The molecular weight excluding hydrogens is 257 g/mol. The lowest BCUT2D eigenvalue weighted by atomic mass is 10.0. The molecule has 0 aliphatic heterocycles. The Kier molecular flexibility index (Phi) is 3.34. The summed E-state index contributed by atoms with van der Waals surface area (Å²) in [7, 11) is 0. The second-order valence-electron chi connectivity index (χ2n) is 4.85. The summed E-state index contributed by atoms with van der Waals surface area (Å²) < 4.78 is 37.8. The molecule has 1 N–H and O–H groups in total.